The van der Waals surface area contributed by atoms with E-state index in [2.05, 4.69) is 17.3 Å². The molecule has 1 atom stereocenters. The quantitative estimate of drug-likeness (QED) is 0.837. The van der Waals surface area contributed by atoms with Crippen molar-refractivity contribution in [3.05, 3.63) is 29.3 Å². The Morgan fingerprint density at radius 1 is 1.53 bits per heavy atom. The van der Waals surface area contributed by atoms with E-state index >= 15 is 0 Å². The van der Waals surface area contributed by atoms with E-state index in [-0.39, 0.29) is 0 Å². The molecule has 1 aromatic carbocycles. The lowest BCUT2D eigenvalue weighted by Crippen LogP contribution is -2.24. The highest BCUT2D eigenvalue weighted by Gasteiger charge is 2.19. The van der Waals surface area contributed by atoms with Gasteiger partial charge in [-0.15, -0.1) is 0 Å². The first-order valence-electron chi connectivity index (χ1n) is 5.85. The molecule has 0 radical (unpaired) electrons. The zero-order valence-corrected chi connectivity index (χ0v) is 10.2. The third-order valence-corrected chi connectivity index (χ3v) is 3.24. The second-order valence-corrected chi connectivity index (χ2v) is 4.73. The Hall–Kier alpha value is -1.55. The lowest BCUT2D eigenvalue weighted by Gasteiger charge is -2.16. The summed E-state index contributed by atoms with van der Waals surface area (Å²) in [7, 11) is 2.10. The number of carbonyl (C=O) groups is 1. The molecule has 4 nitrogen and oxygen atoms in total. The third-order valence-electron chi connectivity index (χ3n) is 3.24. The number of carboxylic acids is 1. The molecule has 0 amide bonds. The van der Waals surface area contributed by atoms with E-state index in [1.807, 2.05) is 13.0 Å². The summed E-state index contributed by atoms with van der Waals surface area (Å²) in [6.45, 7) is 4.10. The van der Waals surface area contributed by atoms with Gasteiger partial charge in [-0.3, -0.25) is 0 Å². The minimum Gasteiger partial charge on any atom is -0.478 e. The van der Waals surface area contributed by atoms with Crippen LogP contribution in [-0.2, 0) is 0 Å². The molecule has 1 aliphatic rings. The predicted octanol–water partition coefficient (Wildman–Crippen LogP) is 1.81. The maximum atomic E-state index is 10.9. The molecule has 0 saturated carbocycles. The molecule has 2 rings (SSSR count). The average molecular weight is 234 g/mol. The fourth-order valence-corrected chi connectivity index (χ4v) is 2.18. The molecule has 1 aliphatic heterocycles. The first-order chi connectivity index (χ1) is 8.06. The van der Waals surface area contributed by atoms with Crippen LogP contribution in [0.3, 0.4) is 0 Å². The summed E-state index contributed by atoms with van der Waals surface area (Å²) in [5.41, 5.74) is 2.36. The van der Waals surface area contributed by atoms with Crippen LogP contribution in [0.4, 0.5) is 5.69 Å². The highest BCUT2D eigenvalue weighted by molar-refractivity contribution is 5.89. The van der Waals surface area contributed by atoms with Crippen molar-refractivity contribution in [1.82, 2.24) is 4.90 Å². The van der Waals surface area contributed by atoms with Crippen molar-refractivity contribution in [2.45, 2.75) is 19.4 Å². The van der Waals surface area contributed by atoms with Crippen molar-refractivity contribution >= 4 is 11.7 Å². The first-order valence-corrected chi connectivity index (χ1v) is 5.85. The van der Waals surface area contributed by atoms with Crippen LogP contribution in [0.5, 0.6) is 0 Å². The minimum atomic E-state index is -0.878. The fourth-order valence-electron chi connectivity index (χ4n) is 2.18. The Labute approximate surface area is 101 Å². The molecule has 1 heterocycles. The van der Waals surface area contributed by atoms with Gasteiger partial charge in [-0.25, -0.2) is 4.79 Å². The van der Waals surface area contributed by atoms with Gasteiger partial charge in [0.2, 0.25) is 0 Å². The molecule has 0 aromatic heterocycles. The SMILES string of the molecule is Cc1ccc(C(=O)O)cc1NC1CCN(C)C1. The van der Waals surface area contributed by atoms with Crippen LogP contribution in [0.1, 0.15) is 22.3 Å². The molecule has 0 bridgehead atoms. The van der Waals surface area contributed by atoms with E-state index in [1.165, 1.54) is 0 Å². The van der Waals surface area contributed by atoms with Crippen LogP contribution >= 0.6 is 0 Å². The summed E-state index contributed by atoms with van der Waals surface area (Å²) < 4.78 is 0. The van der Waals surface area contributed by atoms with Gasteiger partial charge in [0, 0.05) is 18.3 Å². The van der Waals surface area contributed by atoms with E-state index in [1.54, 1.807) is 12.1 Å². The zero-order valence-electron chi connectivity index (χ0n) is 10.2. The van der Waals surface area contributed by atoms with E-state index in [0.717, 1.165) is 30.8 Å². The number of aromatic carboxylic acids is 1. The predicted molar refractivity (Wildman–Crippen MR) is 67.7 cm³/mol. The van der Waals surface area contributed by atoms with Gasteiger partial charge in [-0.1, -0.05) is 6.07 Å². The van der Waals surface area contributed by atoms with Crippen LogP contribution in [-0.4, -0.2) is 42.2 Å². The Morgan fingerprint density at radius 2 is 2.29 bits per heavy atom. The van der Waals surface area contributed by atoms with Crippen LogP contribution < -0.4 is 5.32 Å². The normalized spacial score (nSPS) is 20.5. The van der Waals surface area contributed by atoms with Crippen LogP contribution in [0.2, 0.25) is 0 Å². The maximum Gasteiger partial charge on any atom is 0.335 e. The molecule has 17 heavy (non-hydrogen) atoms. The molecule has 4 heteroatoms. The fraction of sp³-hybridized carbons (Fsp3) is 0.462. The lowest BCUT2D eigenvalue weighted by molar-refractivity contribution is 0.0697. The molecule has 0 aliphatic carbocycles. The van der Waals surface area contributed by atoms with Gasteiger partial charge in [-0.2, -0.15) is 0 Å². The number of likely N-dealkylation sites (tertiary alicyclic amines) is 1. The lowest BCUT2D eigenvalue weighted by atomic mass is 10.1. The largest absolute Gasteiger partial charge is 0.478 e. The number of carboxylic acid groups (broad SMARTS) is 1. The number of nitrogens with zero attached hydrogens (tertiary/aromatic N) is 1. The van der Waals surface area contributed by atoms with Crippen molar-refractivity contribution in [1.29, 1.82) is 0 Å². The smallest absolute Gasteiger partial charge is 0.335 e. The molecule has 1 unspecified atom stereocenters. The van der Waals surface area contributed by atoms with Crippen molar-refractivity contribution in [2.24, 2.45) is 0 Å². The number of benzene rings is 1. The Morgan fingerprint density at radius 3 is 2.88 bits per heavy atom. The van der Waals surface area contributed by atoms with Crippen molar-refractivity contribution in [3.63, 3.8) is 0 Å². The van der Waals surface area contributed by atoms with Gasteiger partial charge in [0.1, 0.15) is 0 Å². The van der Waals surface area contributed by atoms with Crippen LogP contribution in [0.25, 0.3) is 0 Å². The second kappa shape index (κ2) is 4.75. The summed E-state index contributed by atoms with van der Waals surface area (Å²) in [6, 6.07) is 5.63. The van der Waals surface area contributed by atoms with E-state index in [4.69, 9.17) is 5.11 Å². The monoisotopic (exact) mass is 234 g/mol. The maximum absolute atomic E-state index is 10.9. The number of nitrogens with one attached hydrogen (secondary N) is 1. The van der Waals surface area contributed by atoms with Gasteiger partial charge < -0.3 is 15.3 Å². The minimum absolute atomic E-state index is 0.337. The van der Waals surface area contributed by atoms with E-state index < -0.39 is 5.97 Å². The number of hydrogen-bond acceptors (Lipinski definition) is 3. The number of anilines is 1. The van der Waals surface area contributed by atoms with Crippen molar-refractivity contribution < 1.29 is 9.90 Å². The highest BCUT2D eigenvalue weighted by Crippen LogP contribution is 2.20. The number of hydrogen-bond donors (Lipinski definition) is 2. The summed E-state index contributed by atoms with van der Waals surface area (Å²) in [4.78, 5) is 13.2. The first kappa shape index (κ1) is 11.9. The number of aryl methyl sites for hydroxylation is 1. The van der Waals surface area contributed by atoms with Gasteiger partial charge >= 0.3 is 5.97 Å². The topological polar surface area (TPSA) is 52.6 Å². The van der Waals surface area contributed by atoms with Gasteiger partial charge in [0.15, 0.2) is 0 Å². The molecular weight excluding hydrogens is 216 g/mol. The highest BCUT2D eigenvalue weighted by atomic mass is 16.4. The summed E-state index contributed by atoms with van der Waals surface area (Å²) >= 11 is 0. The molecule has 0 spiro atoms. The molecule has 1 aromatic rings. The van der Waals surface area contributed by atoms with Crippen molar-refractivity contribution in [2.75, 3.05) is 25.5 Å². The van der Waals surface area contributed by atoms with Crippen LogP contribution in [0, 0.1) is 6.92 Å². The van der Waals surface area contributed by atoms with Gasteiger partial charge in [0.05, 0.1) is 5.56 Å². The summed E-state index contributed by atoms with van der Waals surface area (Å²) in [6.07, 6.45) is 1.10. The molecule has 1 saturated heterocycles. The van der Waals surface area contributed by atoms with E-state index in [9.17, 15) is 4.79 Å². The average Bonchev–Trinajstić information content (AvgIpc) is 2.67. The molecule has 92 valence electrons. The van der Waals surface area contributed by atoms with Gasteiger partial charge in [0.25, 0.3) is 0 Å². The van der Waals surface area contributed by atoms with Gasteiger partial charge in [-0.05, 0) is 44.6 Å². The summed E-state index contributed by atoms with van der Waals surface area (Å²) in [5.74, 6) is -0.878. The Balaban J connectivity index is 2.14. The standard InChI is InChI=1S/C13H18N2O2/c1-9-3-4-10(13(16)17)7-12(9)14-11-5-6-15(2)8-11/h3-4,7,11,14H,5-6,8H2,1-2H3,(H,16,17). The number of likely N-dealkylation sites (N-methyl/N-ethyl adjacent to an activating group) is 1. The van der Waals surface area contributed by atoms with Crippen molar-refractivity contribution in [3.8, 4) is 0 Å². The van der Waals surface area contributed by atoms with Crippen LogP contribution in [0.15, 0.2) is 18.2 Å². The molecule has 1 fully saturated rings. The Kier molecular flexibility index (Phi) is 3.33. The molecular formula is C13H18N2O2. The number of rotatable bonds is 3. The second-order valence-electron chi connectivity index (χ2n) is 4.73. The summed E-state index contributed by atoms with van der Waals surface area (Å²) in [5, 5.41) is 12.4. The molecule has 2 N–H and O–H groups in total. The zero-order chi connectivity index (χ0) is 12.4. The third kappa shape index (κ3) is 2.77. The Bertz CT molecular complexity index is 431. The van der Waals surface area contributed by atoms with E-state index in [0.29, 0.717) is 11.6 Å².